The van der Waals surface area contributed by atoms with Gasteiger partial charge in [-0.1, -0.05) is 184 Å². The summed E-state index contributed by atoms with van der Waals surface area (Å²) in [5.74, 6) is 1.83. The Morgan fingerprint density at radius 1 is 0.312 bits per heavy atom. The molecule has 1 aliphatic rings. The smallest absolute Gasteiger partial charge is 0.164 e. The first-order chi connectivity index (χ1) is 31.4. The first kappa shape index (κ1) is 37.5. The van der Waals surface area contributed by atoms with Gasteiger partial charge in [-0.2, -0.15) is 0 Å². The molecule has 4 nitrogen and oxygen atoms in total. The van der Waals surface area contributed by atoms with Gasteiger partial charge in [-0.25, -0.2) is 15.0 Å². The molecule has 0 radical (unpaired) electrons. The van der Waals surface area contributed by atoms with Crippen molar-refractivity contribution in [2.24, 2.45) is 0 Å². The molecule has 1 aliphatic carbocycles. The second kappa shape index (κ2) is 15.0. The van der Waals surface area contributed by atoms with Crippen LogP contribution in [0.25, 0.3) is 112 Å². The van der Waals surface area contributed by atoms with E-state index in [9.17, 15) is 0 Å². The van der Waals surface area contributed by atoms with Gasteiger partial charge >= 0.3 is 0 Å². The molecular formula is C60H41N3O. The molecule has 0 saturated heterocycles. The Hall–Kier alpha value is -8.21. The summed E-state index contributed by atoms with van der Waals surface area (Å²) in [4.78, 5) is 15.6. The first-order valence-electron chi connectivity index (χ1n) is 21.8. The van der Waals surface area contributed by atoms with Crippen LogP contribution in [0.15, 0.2) is 217 Å². The molecule has 2 aromatic heterocycles. The van der Waals surface area contributed by atoms with Gasteiger partial charge in [0.25, 0.3) is 0 Å². The summed E-state index contributed by atoms with van der Waals surface area (Å²) >= 11 is 0. The lowest BCUT2D eigenvalue weighted by atomic mass is 9.81. The van der Waals surface area contributed by atoms with Crippen molar-refractivity contribution in [1.29, 1.82) is 0 Å². The van der Waals surface area contributed by atoms with Crippen molar-refractivity contribution in [3.8, 4) is 89.8 Å². The van der Waals surface area contributed by atoms with Gasteiger partial charge in [-0.05, 0) is 109 Å². The number of nitrogens with zero attached hydrogens (tertiary/aromatic N) is 3. The molecular weight excluding hydrogens is 779 g/mol. The van der Waals surface area contributed by atoms with Gasteiger partial charge in [0.1, 0.15) is 11.2 Å². The van der Waals surface area contributed by atoms with Crippen LogP contribution in [-0.2, 0) is 5.41 Å². The minimum atomic E-state index is -0.0932. The number of furan rings is 1. The lowest BCUT2D eigenvalue weighted by Crippen LogP contribution is -2.14. The highest BCUT2D eigenvalue weighted by Gasteiger charge is 2.35. The molecule has 0 saturated carbocycles. The van der Waals surface area contributed by atoms with E-state index < -0.39 is 0 Å². The molecule has 0 unspecified atom stereocenters. The molecule has 64 heavy (non-hydrogen) atoms. The lowest BCUT2D eigenvalue weighted by molar-refractivity contribution is 0.660. The van der Waals surface area contributed by atoms with Crippen LogP contribution >= 0.6 is 0 Å². The van der Waals surface area contributed by atoms with Crippen LogP contribution in [0.1, 0.15) is 25.0 Å². The second-order valence-electron chi connectivity index (χ2n) is 17.2. The summed E-state index contributed by atoms with van der Waals surface area (Å²) in [6, 6.07) is 74.9. The molecule has 302 valence electrons. The fourth-order valence-corrected chi connectivity index (χ4v) is 9.65. The van der Waals surface area contributed by atoms with E-state index in [4.69, 9.17) is 19.4 Å². The molecule has 0 N–H and O–H groups in total. The molecule has 2 heterocycles. The van der Waals surface area contributed by atoms with Crippen molar-refractivity contribution in [3.63, 3.8) is 0 Å². The van der Waals surface area contributed by atoms with Crippen molar-refractivity contribution in [1.82, 2.24) is 15.0 Å². The minimum Gasteiger partial charge on any atom is -0.456 e. The quantitative estimate of drug-likeness (QED) is 0.161. The number of rotatable bonds is 7. The fourth-order valence-electron chi connectivity index (χ4n) is 9.65. The molecule has 0 atom stereocenters. The third-order valence-electron chi connectivity index (χ3n) is 12.9. The van der Waals surface area contributed by atoms with Crippen LogP contribution < -0.4 is 0 Å². The summed E-state index contributed by atoms with van der Waals surface area (Å²) in [6.07, 6.45) is 0. The van der Waals surface area contributed by atoms with E-state index in [0.717, 1.165) is 77.6 Å². The van der Waals surface area contributed by atoms with Gasteiger partial charge in [0.15, 0.2) is 17.5 Å². The summed E-state index contributed by atoms with van der Waals surface area (Å²) in [6.45, 7) is 4.65. The third-order valence-corrected chi connectivity index (χ3v) is 12.9. The number of hydrogen-bond acceptors (Lipinski definition) is 4. The number of aromatic nitrogens is 3. The summed E-state index contributed by atoms with van der Waals surface area (Å²) in [7, 11) is 0. The second-order valence-corrected chi connectivity index (χ2v) is 17.2. The van der Waals surface area contributed by atoms with E-state index in [-0.39, 0.29) is 5.41 Å². The minimum absolute atomic E-state index is 0.0932. The highest BCUT2D eigenvalue weighted by Crippen LogP contribution is 2.49. The zero-order valence-electron chi connectivity index (χ0n) is 35.5. The van der Waals surface area contributed by atoms with Gasteiger partial charge in [0, 0.05) is 32.9 Å². The zero-order valence-corrected chi connectivity index (χ0v) is 35.5. The first-order valence-corrected chi connectivity index (χ1v) is 21.8. The molecule has 4 heteroatoms. The average Bonchev–Trinajstić information content (AvgIpc) is 3.85. The van der Waals surface area contributed by atoms with Gasteiger partial charge in [0.05, 0.1) is 0 Å². The van der Waals surface area contributed by atoms with Crippen LogP contribution in [0.2, 0.25) is 0 Å². The number of hydrogen-bond donors (Lipinski definition) is 0. The monoisotopic (exact) mass is 819 g/mol. The highest BCUT2D eigenvalue weighted by atomic mass is 16.3. The van der Waals surface area contributed by atoms with Crippen LogP contribution in [-0.4, -0.2) is 15.0 Å². The van der Waals surface area contributed by atoms with Gasteiger partial charge in [-0.15, -0.1) is 0 Å². The zero-order chi connectivity index (χ0) is 42.8. The van der Waals surface area contributed by atoms with Crippen molar-refractivity contribution < 1.29 is 4.42 Å². The van der Waals surface area contributed by atoms with E-state index in [1.165, 1.54) is 27.8 Å². The Kier molecular flexibility index (Phi) is 8.80. The van der Waals surface area contributed by atoms with E-state index >= 15 is 0 Å². The molecule has 0 bridgehead atoms. The fraction of sp³-hybridized carbons (Fsp3) is 0.0500. The van der Waals surface area contributed by atoms with Crippen LogP contribution in [0, 0.1) is 0 Å². The van der Waals surface area contributed by atoms with E-state index in [1.54, 1.807) is 0 Å². The highest BCUT2D eigenvalue weighted by molar-refractivity contribution is 6.13. The van der Waals surface area contributed by atoms with Gasteiger partial charge in [-0.3, -0.25) is 0 Å². The Morgan fingerprint density at radius 3 is 1.41 bits per heavy atom. The standard InChI is InChI=1S/C60H41N3O/c1-60(2)52-27-10-9-25-49(52)50-31-29-43(36-53(50)60)41-20-12-23-46(34-41)58-61-57(45-22-11-19-40(33-45)38-15-5-3-6-16-38)62-59(63-58)47-24-13-21-42(35-47)44-30-32-51-55(37-44)64-54-28-14-26-48(56(51)54)39-17-7-4-8-18-39/h3-37H,1-2H3. The Balaban J connectivity index is 0.960. The van der Waals surface area contributed by atoms with Crippen molar-refractivity contribution in [2.45, 2.75) is 19.3 Å². The molecule has 0 spiro atoms. The summed E-state index contributed by atoms with van der Waals surface area (Å²) in [5, 5.41) is 2.22. The van der Waals surface area contributed by atoms with Crippen molar-refractivity contribution >= 4 is 21.9 Å². The normalized spacial score (nSPS) is 12.7. The Morgan fingerprint density at radius 2 is 0.766 bits per heavy atom. The van der Waals surface area contributed by atoms with E-state index in [2.05, 4.69) is 214 Å². The van der Waals surface area contributed by atoms with E-state index in [1.807, 2.05) is 12.1 Å². The number of benzene rings is 9. The predicted molar refractivity (Wildman–Crippen MR) is 263 cm³/mol. The lowest BCUT2D eigenvalue weighted by Gasteiger charge is -2.22. The van der Waals surface area contributed by atoms with Crippen LogP contribution in [0.4, 0.5) is 0 Å². The maximum Gasteiger partial charge on any atom is 0.164 e. The molecule has 9 aromatic carbocycles. The Labute approximate surface area is 372 Å². The SMILES string of the molecule is CC1(C)c2ccccc2-c2ccc(-c3cccc(-c4nc(-c5cccc(-c6ccccc6)c5)nc(-c5cccc(-c6ccc7c(c6)oc6cccc(-c8ccccc8)c67)c5)n4)c3)cc21. The van der Waals surface area contributed by atoms with Gasteiger partial charge in [0.2, 0.25) is 0 Å². The molecule has 0 amide bonds. The van der Waals surface area contributed by atoms with Gasteiger partial charge < -0.3 is 4.42 Å². The third kappa shape index (κ3) is 6.42. The van der Waals surface area contributed by atoms with Crippen molar-refractivity contribution in [3.05, 3.63) is 223 Å². The van der Waals surface area contributed by atoms with Crippen LogP contribution in [0.5, 0.6) is 0 Å². The molecule has 0 fully saturated rings. The topological polar surface area (TPSA) is 51.8 Å². The maximum atomic E-state index is 6.52. The number of fused-ring (bicyclic) bond motifs is 6. The Bertz CT molecular complexity index is 3590. The molecule has 11 aromatic rings. The largest absolute Gasteiger partial charge is 0.456 e. The predicted octanol–water partition coefficient (Wildman–Crippen LogP) is 15.7. The molecule has 0 aliphatic heterocycles. The molecule has 12 rings (SSSR count). The van der Waals surface area contributed by atoms with Crippen molar-refractivity contribution in [2.75, 3.05) is 0 Å². The van der Waals surface area contributed by atoms with E-state index in [0.29, 0.717) is 17.5 Å². The maximum absolute atomic E-state index is 6.52. The van der Waals surface area contributed by atoms with Crippen LogP contribution in [0.3, 0.4) is 0 Å². The average molecular weight is 820 g/mol. The summed E-state index contributed by atoms with van der Waals surface area (Å²) < 4.78 is 6.52. The summed E-state index contributed by atoms with van der Waals surface area (Å²) in [5.41, 5.74) is 18.6.